The fraction of sp³-hybridized carbons (Fsp3) is 0.346. The zero-order valence-electron chi connectivity index (χ0n) is 19.3. The van der Waals surface area contributed by atoms with Crippen molar-refractivity contribution in [3.05, 3.63) is 71.3 Å². The molecule has 1 unspecified atom stereocenters. The summed E-state index contributed by atoms with van der Waals surface area (Å²) >= 11 is 0. The largest absolute Gasteiger partial charge is 0.492 e. The molecular formula is C26H30N4O3S. The normalized spacial score (nSPS) is 20.0. The Balaban J connectivity index is 1.49. The molecule has 3 aromatic rings. The van der Waals surface area contributed by atoms with Crippen LogP contribution in [0, 0.1) is 5.41 Å². The molecular weight excluding hydrogens is 448 g/mol. The summed E-state index contributed by atoms with van der Waals surface area (Å²) in [6.07, 6.45) is 2.86. The molecule has 7 nitrogen and oxygen atoms in total. The molecule has 1 saturated heterocycles. The number of fused-ring (bicyclic) bond motifs is 2. The quantitative estimate of drug-likeness (QED) is 0.354. The van der Waals surface area contributed by atoms with Crippen molar-refractivity contribution in [2.75, 3.05) is 23.2 Å². The maximum Gasteiger partial charge on any atom is 0.235 e. The topological polar surface area (TPSA) is 109 Å². The predicted molar refractivity (Wildman–Crippen MR) is 136 cm³/mol. The van der Waals surface area contributed by atoms with E-state index in [0.717, 1.165) is 46.3 Å². The maximum atomic E-state index is 13.2. The summed E-state index contributed by atoms with van der Waals surface area (Å²) < 4.78 is 34.0. The highest BCUT2D eigenvalue weighted by Crippen LogP contribution is 2.44. The number of nitrogen functional groups attached to an aromatic ring is 1. The van der Waals surface area contributed by atoms with Gasteiger partial charge in [-0.1, -0.05) is 24.3 Å². The number of sulfonamides is 1. The van der Waals surface area contributed by atoms with Crippen molar-refractivity contribution >= 4 is 32.3 Å². The Kier molecular flexibility index (Phi) is 5.95. The van der Waals surface area contributed by atoms with Crippen LogP contribution in [0.4, 0.5) is 5.69 Å². The highest BCUT2D eigenvalue weighted by Gasteiger charge is 2.38. The molecule has 0 spiro atoms. The number of nitrogens with two attached hydrogens (primary N) is 1. The van der Waals surface area contributed by atoms with Crippen LogP contribution in [0.5, 0.6) is 5.75 Å². The third-order valence-electron chi connectivity index (χ3n) is 6.82. The van der Waals surface area contributed by atoms with Crippen LogP contribution in [0.15, 0.2) is 54.6 Å². The van der Waals surface area contributed by atoms with Crippen molar-refractivity contribution in [1.82, 2.24) is 5.32 Å². The minimum atomic E-state index is -3.49. The first-order valence-corrected chi connectivity index (χ1v) is 13.4. The predicted octanol–water partition coefficient (Wildman–Crippen LogP) is 3.71. The molecule has 0 bridgehead atoms. The Morgan fingerprint density at radius 2 is 1.97 bits per heavy atom. The Morgan fingerprint density at radius 3 is 2.71 bits per heavy atom. The first-order valence-electron chi connectivity index (χ1n) is 11.7. The summed E-state index contributed by atoms with van der Waals surface area (Å²) in [6.45, 7) is 3.32. The standard InChI is InChI=1S/C26H30N4O3S/c1-2-34(31,32)30-24-10-9-23(33-16-22-4-3-11-29-22)14-21(24)15-25(30)18-7-5-17-6-8-19(26(27)28)13-20(17)12-18/h5-10,12-14,22,25,29H,2-4,11,15-16H2,1H3,(H3,27,28)/t22-,25?/m1/s1. The fourth-order valence-corrected chi connectivity index (χ4v) is 6.30. The number of ether oxygens (including phenoxy) is 1. The van der Waals surface area contributed by atoms with E-state index in [9.17, 15) is 8.42 Å². The summed E-state index contributed by atoms with van der Waals surface area (Å²) in [7, 11) is -3.49. The van der Waals surface area contributed by atoms with Gasteiger partial charge in [0.2, 0.25) is 10.0 Å². The van der Waals surface area contributed by atoms with Crippen LogP contribution in [0.3, 0.4) is 0 Å². The van der Waals surface area contributed by atoms with Crippen molar-refractivity contribution in [1.29, 1.82) is 5.41 Å². The molecule has 2 aliphatic heterocycles. The minimum absolute atomic E-state index is 0.0103. The Hall–Kier alpha value is -3.10. The molecule has 2 aliphatic rings. The first-order chi connectivity index (χ1) is 16.4. The molecule has 0 aromatic heterocycles. The van der Waals surface area contributed by atoms with Crippen molar-refractivity contribution in [2.45, 2.75) is 38.3 Å². The van der Waals surface area contributed by atoms with Crippen molar-refractivity contribution in [2.24, 2.45) is 5.73 Å². The number of rotatable bonds is 7. The molecule has 1 fully saturated rings. The molecule has 5 rings (SSSR count). The van der Waals surface area contributed by atoms with Gasteiger partial charge in [-0.05, 0) is 78.5 Å². The second-order valence-electron chi connectivity index (χ2n) is 9.05. The second-order valence-corrected chi connectivity index (χ2v) is 11.2. The lowest BCUT2D eigenvalue weighted by Crippen LogP contribution is -2.33. The maximum absolute atomic E-state index is 13.2. The van der Waals surface area contributed by atoms with E-state index < -0.39 is 10.0 Å². The van der Waals surface area contributed by atoms with Crippen LogP contribution in [0.2, 0.25) is 0 Å². The Morgan fingerprint density at radius 1 is 1.15 bits per heavy atom. The van der Waals surface area contributed by atoms with Crippen LogP contribution in [0.25, 0.3) is 10.8 Å². The van der Waals surface area contributed by atoms with Crippen LogP contribution in [-0.4, -0.2) is 39.2 Å². The van der Waals surface area contributed by atoms with E-state index in [0.29, 0.717) is 24.6 Å². The summed E-state index contributed by atoms with van der Waals surface area (Å²) in [5.41, 5.74) is 8.93. The molecule has 0 radical (unpaired) electrons. The number of amidine groups is 1. The first kappa shape index (κ1) is 22.7. The van der Waals surface area contributed by atoms with E-state index in [2.05, 4.69) is 5.32 Å². The van der Waals surface area contributed by atoms with Crippen LogP contribution in [0.1, 0.15) is 42.5 Å². The number of hydrogen-bond acceptors (Lipinski definition) is 5. The van der Waals surface area contributed by atoms with Gasteiger partial charge in [-0.2, -0.15) is 0 Å². The lowest BCUT2D eigenvalue weighted by Gasteiger charge is -2.27. The molecule has 0 amide bonds. The van der Waals surface area contributed by atoms with Gasteiger partial charge in [0.25, 0.3) is 0 Å². The third kappa shape index (κ3) is 4.23. The van der Waals surface area contributed by atoms with E-state index in [1.807, 2.05) is 54.6 Å². The highest BCUT2D eigenvalue weighted by molar-refractivity contribution is 7.92. The number of nitrogens with zero attached hydrogens (tertiary/aromatic N) is 1. The Bertz CT molecular complexity index is 1350. The van der Waals surface area contributed by atoms with E-state index in [1.54, 1.807) is 11.2 Å². The summed E-state index contributed by atoms with van der Waals surface area (Å²) in [4.78, 5) is 0. The SMILES string of the molecule is CCS(=O)(=O)N1c2ccc(OC[C@H]3CCCN3)cc2CC1c1ccc2ccc(C(=N)N)cc2c1. The summed E-state index contributed by atoms with van der Waals surface area (Å²) in [5, 5.41) is 13.1. The van der Waals surface area contributed by atoms with Crippen molar-refractivity contribution in [3.63, 3.8) is 0 Å². The lowest BCUT2D eigenvalue weighted by atomic mass is 9.98. The smallest absolute Gasteiger partial charge is 0.235 e. The molecule has 0 saturated carbocycles. The molecule has 0 aliphatic carbocycles. The highest BCUT2D eigenvalue weighted by atomic mass is 32.2. The summed E-state index contributed by atoms with van der Waals surface area (Å²) in [6, 6.07) is 17.4. The van der Waals surface area contributed by atoms with Crippen LogP contribution in [-0.2, 0) is 16.4 Å². The number of anilines is 1. The van der Waals surface area contributed by atoms with Crippen molar-refractivity contribution < 1.29 is 13.2 Å². The summed E-state index contributed by atoms with van der Waals surface area (Å²) in [5.74, 6) is 0.805. The van der Waals surface area contributed by atoms with E-state index in [4.69, 9.17) is 15.9 Å². The zero-order chi connectivity index (χ0) is 23.9. The van der Waals surface area contributed by atoms with Gasteiger partial charge < -0.3 is 15.8 Å². The third-order valence-corrected chi connectivity index (χ3v) is 8.60. The second kappa shape index (κ2) is 8.92. The van der Waals surface area contributed by atoms with E-state index >= 15 is 0 Å². The van der Waals surface area contributed by atoms with Gasteiger partial charge in [0, 0.05) is 18.0 Å². The van der Waals surface area contributed by atoms with Gasteiger partial charge in [-0.3, -0.25) is 9.71 Å². The van der Waals surface area contributed by atoms with Gasteiger partial charge in [0.1, 0.15) is 18.2 Å². The van der Waals surface area contributed by atoms with Gasteiger partial charge >= 0.3 is 0 Å². The average molecular weight is 479 g/mol. The van der Waals surface area contributed by atoms with Crippen LogP contribution >= 0.6 is 0 Å². The molecule has 3 aromatic carbocycles. The molecule has 8 heteroatoms. The van der Waals surface area contributed by atoms with Crippen molar-refractivity contribution in [3.8, 4) is 5.75 Å². The van der Waals surface area contributed by atoms with Crippen LogP contribution < -0.4 is 20.1 Å². The van der Waals surface area contributed by atoms with Gasteiger partial charge in [0.05, 0.1) is 17.5 Å². The van der Waals surface area contributed by atoms with Gasteiger partial charge in [-0.15, -0.1) is 0 Å². The molecule has 4 N–H and O–H groups in total. The molecule has 2 heterocycles. The molecule has 178 valence electrons. The van der Waals surface area contributed by atoms with E-state index in [1.165, 1.54) is 6.42 Å². The van der Waals surface area contributed by atoms with Gasteiger partial charge in [0.15, 0.2) is 0 Å². The number of benzene rings is 3. The minimum Gasteiger partial charge on any atom is -0.492 e. The molecule has 2 atom stereocenters. The van der Waals surface area contributed by atoms with Gasteiger partial charge in [-0.25, -0.2) is 8.42 Å². The van der Waals surface area contributed by atoms with E-state index in [-0.39, 0.29) is 17.6 Å². The number of nitrogens with one attached hydrogen (secondary N) is 2. The monoisotopic (exact) mass is 478 g/mol. The Labute approximate surface area is 200 Å². The molecule has 34 heavy (non-hydrogen) atoms. The lowest BCUT2D eigenvalue weighted by molar-refractivity contribution is 0.277. The average Bonchev–Trinajstić information content (AvgIpc) is 3.49. The zero-order valence-corrected chi connectivity index (χ0v) is 20.1. The number of hydrogen-bond donors (Lipinski definition) is 3. The fourth-order valence-electron chi connectivity index (χ4n) is 4.96.